The van der Waals surface area contributed by atoms with Crippen LogP contribution in [-0.4, -0.2) is 21.3 Å². The van der Waals surface area contributed by atoms with Gasteiger partial charge >= 0.3 is 5.91 Å². The van der Waals surface area contributed by atoms with E-state index in [1.807, 2.05) is 13.0 Å². The van der Waals surface area contributed by atoms with Gasteiger partial charge in [0.05, 0.1) is 0 Å². The van der Waals surface area contributed by atoms with E-state index in [9.17, 15) is 14.5 Å². The van der Waals surface area contributed by atoms with E-state index < -0.39 is 11.5 Å². The monoisotopic (exact) mass is 314 g/mol. The predicted octanol–water partition coefficient (Wildman–Crippen LogP) is 2.65. The molecule has 7 nitrogen and oxygen atoms in total. The van der Waals surface area contributed by atoms with Gasteiger partial charge in [0.1, 0.15) is 11.5 Å². The molecule has 0 atom stereocenters. The van der Waals surface area contributed by atoms with E-state index in [2.05, 4.69) is 15.5 Å². The summed E-state index contributed by atoms with van der Waals surface area (Å²) in [7, 11) is 0. The maximum Gasteiger partial charge on any atom is 0.326 e. The molecule has 1 amide bonds. The van der Waals surface area contributed by atoms with E-state index in [1.165, 1.54) is 17.0 Å². The smallest absolute Gasteiger partial charge is 0.326 e. The number of amides is 1. The van der Waals surface area contributed by atoms with Crippen molar-refractivity contribution in [3.8, 4) is 0 Å². The molecule has 0 unspecified atom stereocenters. The number of carbonyl (C=O) groups excluding carboxylic acids is 1. The molecule has 2 aromatic rings. The van der Waals surface area contributed by atoms with Crippen LogP contribution in [0.15, 0.2) is 28.3 Å². The number of fused-ring (bicyclic) bond motifs is 1. The third-order valence-electron chi connectivity index (χ3n) is 4.29. The largest absolute Gasteiger partial charge is 0.366 e. The molecular weight excluding hydrogens is 296 g/mol. The van der Waals surface area contributed by atoms with Crippen LogP contribution < -0.4 is 10.9 Å². The summed E-state index contributed by atoms with van der Waals surface area (Å²) < 4.78 is 1.28. The quantitative estimate of drug-likeness (QED) is 0.879. The van der Waals surface area contributed by atoms with Crippen LogP contribution in [0.3, 0.4) is 0 Å². The van der Waals surface area contributed by atoms with Gasteiger partial charge in [0.2, 0.25) is 0 Å². The number of aromatic nitrogens is 2. The van der Waals surface area contributed by atoms with Crippen LogP contribution in [0.1, 0.15) is 48.0 Å². The predicted molar refractivity (Wildman–Crippen MR) is 86.8 cm³/mol. The molecule has 2 heterocycles. The fourth-order valence-electron chi connectivity index (χ4n) is 3.08. The summed E-state index contributed by atoms with van der Waals surface area (Å²) in [6, 6.07) is 3.69. The summed E-state index contributed by atoms with van der Waals surface area (Å²) in [6.45, 7) is 1.84. The summed E-state index contributed by atoms with van der Waals surface area (Å²) in [4.78, 5) is 39.6. The molecule has 3 rings (SSSR count). The molecule has 23 heavy (non-hydrogen) atoms. The Morgan fingerprint density at radius 2 is 2.09 bits per heavy atom. The van der Waals surface area contributed by atoms with Gasteiger partial charge in [-0.3, -0.25) is 14.0 Å². The molecule has 2 aromatic heterocycles. The van der Waals surface area contributed by atoms with Gasteiger partial charge in [0.25, 0.3) is 5.56 Å². The van der Waals surface area contributed by atoms with E-state index in [4.69, 9.17) is 0 Å². The number of nitroso groups, excluding NO2 is 1. The highest BCUT2D eigenvalue weighted by atomic mass is 16.3. The van der Waals surface area contributed by atoms with Gasteiger partial charge in [-0.05, 0) is 31.4 Å². The third kappa shape index (κ3) is 2.86. The SMILES string of the molecule is Cc1cccn2c(=O)c(C(=O)N=O)c(NC3CCCCC3)nc12. The van der Waals surface area contributed by atoms with E-state index >= 15 is 0 Å². The number of rotatable bonds is 3. The number of aryl methyl sites for hydroxylation is 1. The van der Waals surface area contributed by atoms with Crippen LogP contribution in [0.5, 0.6) is 0 Å². The number of pyridine rings is 1. The first-order valence-corrected chi connectivity index (χ1v) is 7.78. The van der Waals surface area contributed by atoms with Gasteiger partial charge in [-0.25, -0.2) is 4.98 Å². The Balaban J connectivity index is 2.16. The molecule has 1 aliphatic rings. The van der Waals surface area contributed by atoms with Crippen LogP contribution in [0, 0.1) is 11.8 Å². The van der Waals surface area contributed by atoms with Crippen molar-refractivity contribution in [2.24, 2.45) is 5.18 Å². The minimum atomic E-state index is -1.09. The lowest BCUT2D eigenvalue weighted by molar-refractivity contribution is 0.0999. The highest BCUT2D eigenvalue weighted by Gasteiger charge is 2.24. The topological polar surface area (TPSA) is 92.9 Å². The lowest BCUT2D eigenvalue weighted by atomic mass is 9.95. The summed E-state index contributed by atoms with van der Waals surface area (Å²) in [5, 5.41) is 5.60. The average Bonchev–Trinajstić information content (AvgIpc) is 2.56. The Morgan fingerprint density at radius 3 is 2.78 bits per heavy atom. The fraction of sp³-hybridized carbons (Fsp3) is 0.438. The molecule has 0 saturated heterocycles. The molecule has 1 aliphatic carbocycles. The van der Waals surface area contributed by atoms with Gasteiger partial charge < -0.3 is 5.32 Å². The number of anilines is 1. The Morgan fingerprint density at radius 1 is 1.35 bits per heavy atom. The normalized spacial score (nSPS) is 15.5. The standard InChI is InChI=1S/C16H18N4O3/c1-10-6-5-9-20-14(10)18-13(12(16(20)22)15(21)19-23)17-11-7-3-2-4-8-11/h5-6,9,11,17H,2-4,7-8H2,1H3. The first kappa shape index (κ1) is 15.3. The zero-order valence-electron chi connectivity index (χ0n) is 12.9. The lowest BCUT2D eigenvalue weighted by Gasteiger charge is -2.24. The molecule has 0 bridgehead atoms. The summed E-state index contributed by atoms with van der Waals surface area (Å²) in [5.41, 5.74) is 0.433. The van der Waals surface area contributed by atoms with Crippen molar-refractivity contribution >= 4 is 17.4 Å². The van der Waals surface area contributed by atoms with Gasteiger partial charge in [-0.15, -0.1) is 4.91 Å². The Hall–Kier alpha value is -2.57. The molecular formula is C16H18N4O3. The van der Waals surface area contributed by atoms with Gasteiger partial charge in [-0.1, -0.05) is 25.3 Å². The van der Waals surface area contributed by atoms with Gasteiger partial charge in [0, 0.05) is 17.4 Å². The maximum atomic E-state index is 12.6. The molecule has 1 saturated carbocycles. The van der Waals surface area contributed by atoms with Crippen molar-refractivity contribution in [3.05, 3.63) is 44.7 Å². The highest BCUT2D eigenvalue weighted by molar-refractivity contribution is 5.99. The Labute approximate surface area is 132 Å². The number of nitrogens with one attached hydrogen (secondary N) is 1. The van der Waals surface area contributed by atoms with Gasteiger partial charge in [0.15, 0.2) is 5.56 Å². The second-order valence-corrected chi connectivity index (χ2v) is 5.90. The fourth-order valence-corrected chi connectivity index (χ4v) is 3.08. The Bertz CT molecular complexity index is 822. The number of nitrogens with zero attached hydrogens (tertiary/aromatic N) is 3. The van der Waals surface area contributed by atoms with Crippen molar-refractivity contribution in [1.82, 2.24) is 9.38 Å². The van der Waals surface area contributed by atoms with Crippen molar-refractivity contribution in [3.63, 3.8) is 0 Å². The van der Waals surface area contributed by atoms with Crippen LogP contribution in [-0.2, 0) is 0 Å². The molecule has 0 radical (unpaired) electrons. The first-order valence-electron chi connectivity index (χ1n) is 7.78. The molecule has 120 valence electrons. The molecule has 0 aromatic carbocycles. The van der Waals surface area contributed by atoms with E-state index in [0.717, 1.165) is 31.2 Å². The zero-order chi connectivity index (χ0) is 16.4. The third-order valence-corrected chi connectivity index (χ3v) is 4.29. The molecule has 0 aliphatic heterocycles. The zero-order valence-corrected chi connectivity index (χ0v) is 12.9. The maximum absolute atomic E-state index is 12.6. The number of hydrogen-bond acceptors (Lipinski definition) is 5. The van der Waals surface area contributed by atoms with Crippen molar-refractivity contribution < 1.29 is 4.79 Å². The number of hydrogen-bond donors (Lipinski definition) is 1. The first-order chi connectivity index (χ1) is 11.1. The Kier molecular flexibility index (Phi) is 4.18. The van der Waals surface area contributed by atoms with E-state index in [-0.39, 0.29) is 17.4 Å². The summed E-state index contributed by atoms with van der Waals surface area (Å²) in [5.74, 6) is -0.919. The van der Waals surface area contributed by atoms with Crippen molar-refractivity contribution in [2.45, 2.75) is 45.1 Å². The average molecular weight is 314 g/mol. The second kappa shape index (κ2) is 6.28. The van der Waals surface area contributed by atoms with Crippen molar-refractivity contribution in [2.75, 3.05) is 5.32 Å². The molecule has 1 N–H and O–H groups in total. The van der Waals surface area contributed by atoms with Gasteiger partial charge in [-0.2, -0.15) is 0 Å². The second-order valence-electron chi connectivity index (χ2n) is 5.90. The highest BCUT2D eigenvalue weighted by Crippen LogP contribution is 2.23. The van der Waals surface area contributed by atoms with Crippen LogP contribution in [0.2, 0.25) is 0 Å². The molecule has 1 fully saturated rings. The lowest BCUT2D eigenvalue weighted by Crippen LogP contribution is -2.29. The summed E-state index contributed by atoms with van der Waals surface area (Å²) >= 11 is 0. The number of carbonyl (C=O) groups is 1. The van der Waals surface area contributed by atoms with E-state index in [0.29, 0.717) is 5.65 Å². The van der Waals surface area contributed by atoms with Crippen LogP contribution >= 0.6 is 0 Å². The molecule has 0 spiro atoms. The minimum Gasteiger partial charge on any atom is -0.366 e. The molecule has 7 heteroatoms. The summed E-state index contributed by atoms with van der Waals surface area (Å²) in [6.07, 6.45) is 6.82. The van der Waals surface area contributed by atoms with Crippen LogP contribution in [0.25, 0.3) is 5.65 Å². The minimum absolute atomic E-state index is 0.153. The van der Waals surface area contributed by atoms with E-state index in [1.54, 1.807) is 6.07 Å². The van der Waals surface area contributed by atoms with Crippen LogP contribution in [0.4, 0.5) is 5.82 Å². The van der Waals surface area contributed by atoms with Crippen molar-refractivity contribution in [1.29, 1.82) is 0 Å².